The molecule has 0 fully saturated rings. The largest absolute Gasteiger partial charge is 0.491 e. The molecule has 0 bridgehead atoms. The van der Waals surface area contributed by atoms with Crippen molar-refractivity contribution in [2.75, 3.05) is 0 Å². The third kappa shape index (κ3) is 3.22. The molecule has 1 atom stereocenters. The van der Waals surface area contributed by atoms with Crippen molar-refractivity contribution in [2.45, 2.75) is 46.1 Å². The number of halogens is 1. The Labute approximate surface area is 108 Å². The molecule has 1 rings (SSSR count). The monoisotopic (exact) mass is 254 g/mol. The highest BCUT2D eigenvalue weighted by Crippen LogP contribution is 2.26. The van der Waals surface area contributed by atoms with Gasteiger partial charge in [-0.05, 0) is 57.9 Å². The minimum absolute atomic E-state index is 0.0386. The van der Waals surface area contributed by atoms with E-state index >= 15 is 0 Å². The summed E-state index contributed by atoms with van der Waals surface area (Å²) in [6.45, 7) is 9.54. The van der Waals surface area contributed by atoms with E-state index in [-0.39, 0.29) is 11.9 Å². The van der Waals surface area contributed by atoms with Gasteiger partial charge in [-0.1, -0.05) is 0 Å². The molecule has 0 heterocycles. The highest BCUT2D eigenvalue weighted by Gasteiger charge is 2.17. The molecule has 0 N–H and O–H groups in total. The predicted molar refractivity (Wildman–Crippen MR) is 71.3 cm³/mol. The number of ether oxygens (including phenoxy) is 1. The van der Waals surface area contributed by atoms with Crippen LogP contribution < -0.4 is 4.74 Å². The van der Waals surface area contributed by atoms with Crippen molar-refractivity contribution in [3.05, 3.63) is 28.8 Å². The lowest BCUT2D eigenvalue weighted by atomic mass is 9.98. The molecule has 94 valence electrons. The molecule has 1 unspecified atom stereocenters. The van der Waals surface area contributed by atoms with Crippen molar-refractivity contribution in [2.24, 2.45) is 0 Å². The quantitative estimate of drug-likeness (QED) is 0.602. The summed E-state index contributed by atoms with van der Waals surface area (Å²) in [5.41, 5.74) is 2.63. The van der Waals surface area contributed by atoms with Gasteiger partial charge in [-0.15, -0.1) is 11.6 Å². The summed E-state index contributed by atoms with van der Waals surface area (Å²) in [5, 5.41) is -0.495. The number of hydrogen-bond donors (Lipinski definition) is 0. The maximum atomic E-state index is 11.9. The first-order chi connectivity index (χ1) is 7.84. The van der Waals surface area contributed by atoms with Crippen LogP contribution in [0.3, 0.4) is 0 Å². The van der Waals surface area contributed by atoms with Gasteiger partial charge in [-0.25, -0.2) is 0 Å². The van der Waals surface area contributed by atoms with E-state index in [1.54, 1.807) is 13.0 Å². The summed E-state index contributed by atoms with van der Waals surface area (Å²) < 4.78 is 5.68. The highest BCUT2D eigenvalue weighted by molar-refractivity contribution is 6.33. The average molecular weight is 255 g/mol. The first-order valence-corrected chi connectivity index (χ1v) is 6.23. The van der Waals surface area contributed by atoms with Gasteiger partial charge >= 0.3 is 0 Å². The zero-order chi connectivity index (χ0) is 13.2. The molecule has 3 heteroatoms. The minimum Gasteiger partial charge on any atom is -0.491 e. The predicted octanol–water partition coefficient (Wildman–Crippen LogP) is 3.90. The van der Waals surface area contributed by atoms with Crippen LogP contribution in [0.15, 0.2) is 12.1 Å². The van der Waals surface area contributed by atoms with Gasteiger partial charge in [-0.2, -0.15) is 0 Å². The van der Waals surface area contributed by atoms with Crippen LogP contribution in [-0.4, -0.2) is 17.3 Å². The van der Waals surface area contributed by atoms with Gasteiger partial charge in [0.25, 0.3) is 0 Å². The Hall–Kier alpha value is -1.02. The highest BCUT2D eigenvalue weighted by atomic mass is 35.5. The number of hydrogen-bond acceptors (Lipinski definition) is 2. The molecule has 0 aromatic heterocycles. The fourth-order valence-electron chi connectivity index (χ4n) is 1.66. The van der Waals surface area contributed by atoms with Crippen molar-refractivity contribution in [3.8, 4) is 5.75 Å². The molecule has 1 aromatic rings. The summed E-state index contributed by atoms with van der Waals surface area (Å²) in [7, 11) is 0. The van der Waals surface area contributed by atoms with Crippen molar-refractivity contribution in [3.63, 3.8) is 0 Å². The van der Waals surface area contributed by atoms with E-state index in [2.05, 4.69) is 0 Å². The zero-order valence-electron chi connectivity index (χ0n) is 11.0. The molecule has 1 aromatic carbocycles. The van der Waals surface area contributed by atoms with E-state index < -0.39 is 5.38 Å². The topological polar surface area (TPSA) is 26.3 Å². The first-order valence-electron chi connectivity index (χ1n) is 5.79. The zero-order valence-corrected chi connectivity index (χ0v) is 11.8. The average Bonchev–Trinajstić information content (AvgIpc) is 2.23. The number of rotatable bonds is 4. The number of carbonyl (C=O) groups excluding carboxylic acids is 1. The Bertz CT molecular complexity index is 422. The second-order valence-electron chi connectivity index (χ2n) is 4.51. The molecule has 0 amide bonds. The van der Waals surface area contributed by atoms with Gasteiger partial charge in [0, 0.05) is 5.56 Å². The first kappa shape index (κ1) is 14.0. The van der Waals surface area contributed by atoms with Gasteiger partial charge in [0.2, 0.25) is 0 Å². The van der Waals surface area contributed by atoms with Crippen LogP contribution >= 0.6 is 11.6 Å². The van der Waals surface area contributed by atoms with Gasteiger partial charge < -0.3 is 4.74 Å². The van der Waals surface area contributed by atoms with E-state index in [1.165, 1.54) is 0 Å². The minimum atomic E-state index is -0.495. The lowest BCUT2D eigenvalue weighted by Gasteiger charge is -2.16. The molecule has 0 aliphatic heterocycles. The Morgan fingerprint density at radius 2 is 1.76 bits per heavy atom. The Morgan fingerprint density at radius 1 is 1.18 bits per heavy atom. The van der Waals surface area contributed by atoms with Gasteiger partial charge in [0.05, 0.1) is 11.5 Å². The Kier molecular flexibility index (Phi) is 4.58. The third-order valence-corrected chi connectivity index (χ3v) is 2.93. The molecule has 2 nitrogen and oxygen atoms in total. The van der Waals surface area contributed by atoms with E-state index in [0.717, 1.165) is 16.9 Å². The van der Waals surface area contributed by atoms with E-state index in [1.807, 2.05) is 33.8 Å². The van der Waals surface area contributed by atoms with Crippen LogP contribution in [0.5, 0.6) is 5.75 Å². The van der Waals surface area contributed by atoms with E-state index in [4.69, 9.17) is 16.3 Å². The number of ketones is 1. The summed E-state index contributed by atoms with van der Waals surface area (Å²) in [4.78, 5) is 11.9. The molecular formula is C14H19ClO2. The molecular weight excluding hydrogens is 236 g/mol. The summed E-state index contributed by atoms with van der Waals surface area (Å²) in [6.07, 6.45) is 0.126. The molecule has 0 spiro atoms. The number of Topliss-reactive ketones (excluding diaryl/α,β-unsaturated/α-hetero) is 1. The second kappa shape index (κ2) is 5.54. The number of alkyl halides is 1. The Balaban J connectivity index is 3.15. The molecule has 0 saturated heterocycles. The molecule has 0 saturated carbocycles. The fourth-order valence-corrected chi connectivity index (χ4v) is 1.78. The summed E-state index contributed by atoms with van der Waals surface area (Å²) in [5.74, 6) is 0.791. The lowest BCUT2D eigenvalue weighted by Crippen LogP contribution is -2.14. The molecule has 0 aliphatic rings. The van der Waals surface area contributed by atoms with Gasteiger partial charge in [0.15, 0.2) is 5.78 Å². The van der Waals surface area contributed by atoms with E-state index in [0.29, 0.717) is 5.56 Å². The normalized spacial score (nSPS) is 12.6. The standard InChI is InChI=1S/C14H19ClO2/c1-8(2)17-13-7-6-12(9(3)10(13)4)14(16)11(5)15/h6-8,11H,1-5H3. The third-order valence-electron chi connectivity index (χ3n) is 2.73. The Morgan fingerprint density at radius 3 is 2.24 bits per heavy atom. The van der Waals surface area contributed by atoms with Crippen LogP contribution in [0.25, 0.3) is 0 Å². The second-order valence-corrected chi connectivity index (χ2v) is 5.16. The van der Waals surface area contributed by atoms with Crippen LogP contribution in [0.4, 0.5) is 0 Å². The number of carbonyl (C=O) groups is 1. The van der Waals surface area contributed by atoms with Gasteiger partial charge in [0.1, 0.15) is 5.75 Å². The maximum Gasteiger partial charge on any atom is 0.180 e. The lowest BCUT2D eigenvalue weighted by molar-refractivity contribution is 0.0991. The molecule has 0 aliphatic carbocycles. The number of benzene rings is 1. The maximum absolute atomic E-state index is 11.9. The smallest absolute Gasteiger partial charge is 0.180 e. The summed E-state index contributed by atoms with van der Waals surface area (Å²) >= 11 is 5.83. The van der Waals surface area contributed by atoms with Crippen molar-refractivity contribution < 1.29 is 9.53 Å². The van der Waals surface area contributed by atoms with Crippen LogP contribution in [0.2, 0.25) is 0 Å². The van der Waals surface area contributed by atoms with E-state index in [9.17, 15) is 4.79 Å². The van der Waals surface area contributed by atoms with Crippen molar-refractivity contribution >= 4 is 17.4 Å². The SMILES string of the molecule is Cc1c(OC(C)C)ccc(C(=O)C(C)Cl)c1C. The van der Waals surface area contributed by atoms with Crippen LogP contribution in [-0.2, 0) is 0 Å². The van der Waals surface area contributed by atoms with Gasteiger partial charge in [-0.3, -0.25) is 4.79 Å². The van der Waals surface area contributed by atoms with Crippen LogP contribution in [0.1, 0.15) is 42.3 Å². The van der Waals surface area contributed by atoms with Crippen molar-refractivity contribution in [1.82, 2.24) is 0 Å². The summed E-state index contributed by atoms with van der Waals surface area (Å²) in [6, 6.07) is 3.64. The fraction of sp³-hybridized carbons (Fsp3) is 0.500. The van der Waals surface area contributed by atoms with Crippen molar-refractivity contribution in [1.29, 1.82) is 0 Å². The molecule has 0 radical (unpaired) electrons. The molecule has 17 heavy (non-hydrogen) atoms. The van der Waals surface area contributed by atoms with Crippen LogP contribution in [0, 0.1) is 13.8 Å².